The normalized spacial score (nSPS) is 15.5. The van der Waals surface area contributed by atoms with Gasteiger partial charge in [-0.05, 0) is 58.9 Å². The Morgan fingerprint density at radius 3 is 2.05 bits per heavy atom. The van der Waals surface area contributed by atoms with Crippen LogP contribution in [0.15, 0.2) is 0 Å². The summed E-state index contributed by atoms with van der Waals surface area (Å²) in [4.78, 5) is 0. The van der Waals surface area contributed by atoms with Crippen LogP contribution >= 0.6 is 0 Å². The van der Waals surface area contributed by atoms with Gasteiger partial charge in [0.05, 0.1) is 10.5 Å². The van der Waals surface area contributed by atoms with Crippen molar-refractivity contribution in [3.8, 4) is 0 Å². The second-order valence-corrected chi connectivity index (χ2v) is 10.3. The number of rotatable bonds is 8. The van der Waals surface area contributed by atoms with Crippen LogP contribution in [-0.4, -0.2) is 31.5 Å². The van der Waals surface area contributed by atoms with E-state index in [9.17, 15) is 8.42 Å². The van der Waals surface area contributed by atoms with Crippen molar-refractivity contribution in [3.63, 3.8) is 0 Å². The lowest BCUT2D eigenvalue weighted by Gasteiger charge is -2.30. The molecule has 0 heterocycles. The fraction of sp³-hybridized carbons (Fsp3) is 1.00. The lowest BCUT2D eigenvalue weighted by molar-refractivity contribution is 0.279. The van der Waals surface area contributed by atoms with E-state index in [-0.39, 0.29) is 11.2 Å². The molecule has 3 nitrogen and oxygen atoms in total. The summed E-state index contributed by atoms with van der Waals surface area (Å²) in [5.74, 6) is 0.282. The highest BCUT2D eigenvalue weighted by Gasteiger charge is 2.31. The standard InChI is InChI=1S/C15H33NO2S/c1-8-10-16-13(2)12-15(6,7)9-11-19(17,18)14(3,4)5/h13,16H,8-12H2,1-7H3. The Labute approximate surface area is 120 Å². The van der Waals surface area contributed by atoms with Crippen molar-refractivity contribution in [2.24, 2.45) is 5.41 Å². The van der Waals surface area contributed by atoms with Crippen molar-refractivity contribution in [1.82, 2.24) is 5.32 Å². The molecule has 4 heteroatoms. The van der Waals surface area contributed by atoms with Crippen LogP contribution in [0.2, 0.25) is 0 Å². The molecule has 0 fully saturated rings. The molecule has 0 aromatic heterocycles. The molecule has 0 rings (SSSR count). The van der Waals surface area contributed by atoms with Gasteiger partial charge in [-0.2, -0.15) is 0 Å². The van der Waals surface area contributed by atoms with Crippen LogP contribution in [-0.2, 0) is 9.84 Å². The molecule has 0 amide bonds. The smallest absolute Gasteiger partial charge is 0.155 e. The van der Waals surface area contributed by atoms with Crippen LogP contribution in [0.25, 0.3) is 0 Å². The quantitative estimate of drug-likeness (QED) is 0.745. The molecule has 0 aromatic rings. The number of hydrogen-bond acceptors (Lipinski definition) is 3. The summed E-state index contributed by atoms with van der Waals surface area (Å²) in [6, 6.07) is 0.437. The Bertz CT molecular complexity index is 353. The van der Waals surface area contributed by atoms with E-state index >= 15 is 0 Å². The van der Waals surface area contributed by atoms with Crippen molar-refractivity contribution in [1.29, 1.82) is 0 Å². The highest BCUT2D eigenvalue weighted by molar-refractivity contribution is 7.92. The van der Waals surface area contributed by atoms with E-state index in [0.29, 0.717) is 6.04 Å². The van der Waals surface area contributed by atoms with Crippen molar-refractivity contribution >= 4 is 9.84 Å². The van der Waals surface area contributed by atoms with Crippen LogP contribution in [0.3, 0.4) is 0 Å². The lowest BCUT2D eigenvalue weighted by atomic mass is 9.83. The van der Waals surface area contributed by atoms with E-state index in [4.69, 9.17) is 0 Å². The average molecular weight is 292 g/mol. The highest BCUT2D eigenvalue weighted by atomic mass is 32.2. The van der Waals surface area contributed by atoms with Gasteiger partial charge in [0.15, 0.2) is 9.84 Å². The molecule has 0 spiro atoms. The molecular weight excluding hydrogens is 258 g/mol. The lowest BCUT2D eigenvalue weighted by Crippen LogP contribution is -2.35. The van der Waals surface area contributed by atoms with Gasteiger partial charge < -0.3 is 5.32 Å². The summed E-state index contributed by atoms with van der Waals surface area (Å²) in [5, 5.41) is 3.47. The molecule has 1 atom stereocenters. The maximum absolute atomic E-state index is 12.1. The van der Waals surface area contributed by atoms with Crippen LogP contribution in [0.5, 0.6) is 0 Å². The summed E-state index contributed by atoms with van der Waals surface area (Å²) < 4.78 is 23.6. The Morgan fingerprint density at radius 1 is 1.11 bits per heavy atom. The molecule has 1 unspecified atom stereocenters. The van der Waals surface area contributed by atoms with Crippen LogP contribution in [0.1, 0.15) is 67.7 Å². The minimum atomic E-state index is -3.00. The molecule has 0 saturated heterocycles. The zero-order valence-corrected chi connectivity index (χ0v) is 14.7. The van der Waals surface area contributed by atoms with E-state index in [2.05, 4.69) is 33.0 Å². The van der Waals surface area contributed by atoms with Gasteiger partial charge in [0.25, 0.3) is 0 Å². The third kappa shape index (κ3) is 7.31. The van der Waals surface area contributed by atoms with Gasteiger partial charge in [0, 0.05) is 6.04 Å². The summed E-state index contributed by atoms with van der Waals surface area (Å²) in [5.41, 5.74) is 0.0540. The van der Waals surface area contributed by atoms with Crippen molar-refractivity contribution in [2.75, 3.05) is 12.3 Å². The average Bonchev–Trinajstić information content (AvgIpc) is 2.22. The van der Waals surface area contributed by atoms with Crippen LogP contribution in [0, 0.1) is 5.41 Å². The summed E-state index contributed by atoms with van der Waals surface area (Å²) in [7, 11) is -3.00. The topological polar surface area (TPSA) is 46.2 Å². The summed E-state index contributed by atoms with van der Waals surface area (Å²) in [6.45, 7) is 15.0. The monoisotopic (exact) mass is 291 g/mol. The summed E-state index contributed by atoms with van der Waals surface area (Å²) >= 11 is 0. The molecule has 0 bridgehead atoms. The maximum Gasteiger partial charge on any atom is 0.155 e. The first kappa shape index (κ1) is 18.9. The van der Waals surface area contributed by atoms with Gasteiger partial charge in [-0.1, -0.05) is 20.8 Å². The number of nitrogens with one attached hydrogen (secondary N) is 1. The zero-order chi connectivity index (χ0) is 15.3. The molecular formula is C15H33NO2S. The second-order valence-electron chi connectivity index (χ2n) is 7.40. The van der Waals surface area contributed by atoms with Gasteiger partial charge in [0.2, 0.25) is 0 Å². The van der Waals surface area contributed by atoms with Crippen LogP contribution < -0.4 is 5.32 Å². The third-order valence-electron chi connectivity index (χ3n) is 3.58. The second kappa shape index (κ2) is 7.07. The molecule has 1 N–H and O–H groups in total. The largest absolute Gasteiger partial charge is 0.314 e. The molecule has 0 aromatic carbocycles. The molecule has 0 saturated carbocycles. The molecule has 116 valence electrons. The Hall–Kier alpha value is -0.0900. The molecule has 0 aliphatic heterocycles. The predicted octanol–water partition coefficient (Wildman–Crippen LogP) is 3.39. The Kier molecular flexibility index (Phi) is 7.04. The van der Waals surface area contributed by atoms with Crippen LogP contribution in [0.4, 0.5) is 0 Å². The van der Waals surface area contributed by atoms with Crippen molar-refractivity contribution in [3.05, 3.63) is 0 Å². The fourth-order valence-corrected chi connectivity index (χ4v) is 3.54. The molecule has 0 aliphatic carbocycles. The van der Waals surface area contributed by atoms with Gasteiger partial charge in [-0.15, -0.1) is 0 Å². The van der Waals surface area contributed by atoms with Crippen molar-refractivity contribution in [2.45, 2.75) is 78.5 Å². The fourth-order valence-electron chi connectivity index (χ4n) is 2.11. The summed E-state index contributed by atoms with van der Waals surface area (Å²) in [6.07, 6.45) is 2.86. The third-order valence-corrected chi connectivity index (χ3v) is 6.19. The first-order valence-electron chi connectivity index (χ1n) is 7.37. The zero-order valence-electron chi connectivity index (χ0n) is 13.8. The number of sulfone groups is 1. The maximum atomic E-state index is 12.1. The highest BCUT2D eigenvalue weighted by Crippen LogP contribution is 2.29. The first-order valence-corrected chi connectivity index (χ1v) is 9.02. The van der Waals surface area contributed by atoms with E-state index in [1.165, 1.54) is 0 Å². The molecule has 0 radical (unpaired) electrons. The van der Waals surface area contributed by atoms with Crippen molar-refractivity contribution < 1.29 is 8.42 Å². The van der Waals surface area contributed by atoms with E-state index in [1.807, 2.05) is 0 Å². The van der Waals surface area contributed by atoms with Gasteiger partial charge in [-0.3, -0.25) is 0 Å². The SMILES string of the molecule is CCCNC(C)CC(C)(C)CCS(=O)(=O)C(C)(C)C. The predicted molar refractivity (Wildman–Crippen MR) is 84.3 cm³/mol. The van der Waals surface area contributed by atoms with Gasteiger partial charge >= 0.3 is 0 Å². The molecule has 0 aliphatic rings. The first-order chi connectivity index (χ1) is 8.41. The Balaban J connectivity index is 4.39. The van der Waals surface area contributed by atoms with E-state index in [1.54, 1.807) is 20.8 Å². The van der Waals surface area contributed by atoms with Gasteiger partial charge in [-0.25, -0.2) is 8.42 Å². The minimum absolute atomic E-state index is 0.0540. The number of hydrogen-bond donors (Lipinski definition) is 1. The van der Waals surface area contributed by atoms with E-state index < -0.39 is 14.6 Å². The Morgan fingerprint density at radius 2 is 1.63 bits per heavy atom. The van der Waals surface area contributed by atoms with Gasteiger partial charge in [0.1, 0.15) is 0 Å². The minimum Gasteiger partial charge on any atom is -0.314 e. The molecule has 19 heavy (non-hydrogen) atoms. The van der Waals surface area contributed by atoms with E-state index in [0.717, 1.165) is 25.8 Å².